The van der Waals surface area contributed by atoms with E-state index in [1.54, 1.807) is 0 Å². The molecule has 2 unspecified atom stereocenters. The highest BCUT2D eigenvalue weighted by Gasteiger charge is 2.20. The van der Waals surface area contributed by atoms with Crippen molar-refractivity contribution in [1.29, 1.82) is 0 Å². The molecule has 0 saturated carbocycles. The number of carboxylic acids is 1. The summed E-state index contributed by atoms with van der Waals surface area (Å²) in [5, 5.41) is 14.8. The van der Waals surface area contributed by atoms with Gasteiger partial charge in [0.25, 0.3) is 0 Å². The smallest absolute Gasteiger partial charge is 0.303 e. The number of carboxylic acid groups (broad SMARTS) is 1. The van der Waals surface area contributed by atoms with Crippen molar-refractivity contribution in [1.82, 2.24) is 10.6 Å². The Hall–Kier alpha value is -1.10. The third-order valence-corrected chi connectivity index (χ3v) is 3.66. The van der Waals surface area contributed by atoms with Gasteiger partial charge in [0, 0.05) is 12.5 Å². The monoisotopic (exact) mass is 286 g/mol. The maximum Gasteiger partial charge on any atom is 0.303 e. The summed E-state index contributed by atoms with van der Waals surface area (Å²) < 4.78 is 0. The van der Waals surface area contributed by atoms with Crippen LogP contribution < -0.4 is 10.6 Å². The number of amides is 1. The summed E-state index contributed by atoms with van der Waals surface area (Å²) in [7, 11) is 0. The molecule has 1 amide bonds. The molecule has 5 heteroatoms. The van der Waals surface area contributed by atoms with E-state index < -0.39 is 5.97 Å². The zero-order chi connectivity index (χ0) is 15.8. The SMILES string of the molecule is CCC(C)NC(=O)C(C)NCCC(C)(C)CCC(=O)O. The first-order valence-corrected chi connectivity index (χ1v) is 7.43. The summed E-state index contributed by atoms with van der Waals surface area (Å²) in [4.78, 5) is 22.4. The van der Waals surface area contributed by atoms with E-state index in [2.05, 4.69) is 24.5 Å². The van der Waals surface area contributed by atoms with Gasteiger partial charge < -0.3 is 15.7 Å². The number of rotatable bonds is 10. The van der Waals surface area contributed by atoms with Crippen LogP contribution >= 0.6 is 0 Å². The molecule has 0 spiro atoms. The Labute approximate surface area is 122 Å². The number of carbonyl (C=O) groups is 2. The lowest BCUT2D eigenvalue weighted by Gasteiger charge is -2.25. The molecule has 118 valence electrons. The third-order valence-electron chi connectivity index (χ3n) is 3.66. The molecule has 0 aromatic heterocycles. The van der Waals surface area contributed by atoms with Gasteiger partial charge >= 0.3 is 5.97 Å². The molecular formula is C15H30N2O3. The molecule has 3 N–H and O–H groups in total. The van der Waals surface area contributed by atoms with Gasteiger partial charge in [-0.2, -0.15) is 0 Å². The molecule has 20 heavy (non-hydrogen) atoms. The van der Waals surface area contributed by atoms with Crippen LogP contribution in [0, 0.1) is 5.41 Å². The molecule has 0 fully saturated rings. The lowest BCUT2D eigenvalue weighted by atomic mass is 9.84. The van der Waals surface area contributed by atoms with Gasteiger partial charge in [0.1, 0.15) is 0 Å². The largest absolute Gasteiger partial charge is 0.481 e. The molecule has 0 heterocycles. The van der Waals surface area contributed by atoms with Crippen LogP contribution in [0.2, 0.25) is 0 Å². The van der Waals surface area contributed by atoms with Gasteiger partial charge in [-0.15, -0.1) is 0 Å². The fourth-order valence-corrected chi connectivity index (χ4v) is 1.76. The molecule has 0 aromatic rings. The average molecular weight is 286 g/mol. The van der Waals surface area contributed by atoms with Crippen LogP contribution in [0.4, 0.5) is 0 Å². The van der Waals surface area contributed by atoms with E-state index >= 15 is 0 Å². The molecule has 5 nitrogen and oxygen atoms in total. The first kappa shape index (κ1) is 18.9. The van der Waals surface area contributed by atoms with Gasteiger partial charge in [-0.05, 0) is 45.1 Å². The zero-order valence-corrected chi connectivity index (χ0v) is 13.5. The maximum atomic E-state index is 11.8. The zero-order valence-electron chi connectivity index (χ0n) is 13.5. The predicted octanol–water partition coefficient (Wildman–Crippen LogP) is 2.16. The van der Waals surface area contributed by atoms with E-state index in [1.165, 1.54) is 0 Å². The quantitative estimate of drug-likeness (QED) is 0.575. The van der Waals surface area contributed by atoms with Crippen LogP contribution in [0.25, 0.3) is 0 Å². The number of hydrogen-bond acceptors (Lipinski definition) is 3. The normalized spacial score (nSPS) is 14.7. The number of carbonyl (C=O) groups excluding carboxylic acids is 1. The average Bonchev–Trinajstić information content (AvgIpc) is 2.35. The van der Waals surface area contributed by atoms with Crippen molar-refractivity contribution in [3.63, 3.8) is 0 Å². The van der Waals surface area contributed by atoms with Crippen LogP contribution in [0.1, 0.15) is 60.3 Å². The minimum absolute atomic E-state index is 0.0164. The van der Waals surface area contributed by atoms with E-state index in [9.17, 15) is 9.59 Å². The molecule has 2 atom stereocenters. The summed E-state index contributed by atoms with van der Waals surface area (Å²) >= 11 is 0. The van der Waals surface area contributed by atoms with Gasteiger partial charge in [0.15, 0.2) is 0 Å². The lowest BCUT2D eigenvalue weighted by Crippen LogP contribution is -2.46. The Kier molecular flexibility index (Phi) is 8.46. The highest BCUT2D eigenvalue weighted by molar-refractivity contribution is 5.81. The van der Waals surface area contributed by atoms with Crippen LogP contribution in [0.15, 0.2) is 0 Å². The Morgan fingerprint density at radius 2 is 1.80 bits per heavy atom. The molecule has 0 bridgehead atoms. The lowest BCUT2D eigenvalue weighted by molar-refractivity contribution is -0.137. The maximum absolute atomic E-state index is 11.8. The number of aliphatic carboxylic acids is 1. The fraction of sp³-hybridized carbons (Fsp3) is 0.867. The molecule has 0 saturated heterocycles. The van der Waals surface area contributed by atoms with Crippen LogP contribution in [-0.2, 0) is 9.59 Å². The molecule has 0 radical (unpaired) electrons. The Morgan fingerprint density at radius 3 is 2.30 bits per heavy atom. The van der Waals surface area contributed by atoms with Crippen LogP contribution in [0.5, 0.6) is 0 Å². The van der Waals surface area contributed by atoms with E-state index in [4.69, 9.17) is 5.11 Å². The molecule has 0 aliphatic carbocycles. The summed E-state index contributed by atoms with van der Waals surface area (Å²) in [6, 6.07) is -0.0296. The van der Waals surface area contributed by atoms with Crippen molar-refractivity contribution < 1.29 is 14.7 Å². The van der Waals surface area contributed by atoms with E-state index in [0.717, 1.165) is 12.8 Å². The van der Waals surface area contributed by atoms with Crippen LogP contribution in [0.3, 0.4) is 0 Å². The standard InChI is InChI=1S/C15H30N2O3/c1-6-11(2)17-14(20)12(3)16-10-9-15(4,5)8-7-13(18)19/h11-12,16H,6-10H2,1-5H3,(H,17,20)(H,18,19). The highest BCUT2D eigenvalue weighted by Crippen LogP contribution is 2.26. The van der Waals surface area contributed by atoms with Crippen molar-refractivity contribution in [2.45, 2.75) is 72.4 Å². The Balaban J connectivity index is 3.97. The Morgan fingerprint density at radius 1 is 1.20 bits per heavy atom. The van der Waals surface area contributed by atoms with Crippen molar-refractivity contribution in [2.75, 3.05) is 6.54 Å². The van der Waals surface area contributed by atoms with Crippen molar-refractivity contribution in [3.05, 3.63) is 0 Å². The number of hydrogen-bond donors (Lipinski definition) is 3. The second kappa shape index (κ2) is 8.95. The van der Waals surface area contributed by atoms with Crippen LogP contribution in [-0.4, -0.2) is 35.6 Å². The summed E-state index contributed by atoms with van der Waals surface area (Å²) in [6.45, 7) is 10.7. The highest BCUT2D eigenvalue weighted by atomic mass is 16.4. The molecule has 0 aromatic carbocycles. The Bertz CT molecular complexity index is 316. The van der Waals surface area contributed by atoms with Crippen molar-refractivity contribution in [3.8, 4) is 0 Å². The minimum Gasteiger partial charge on any atom is -0.481 e. The van der Waals surface area contributed by atoms with E-state index in [-0.39, 0.29) is 29.8 Å². The second-order valence-electron chi connectivity index (χ2n) is 6.30. The second-order valence-corrected chi connectivity index (χ2v) is 6.30. The van der Waals surface area contributed by atoms with E-state index in [0.29, 0.717) is 13.0 Å². The summed E-state index contributed by atoms with van der Waals surface area (Å²) in [5.41, 5.74) is -0.0295. The first-order valence-electron chi connectivity index (χ1n) is 7.43. The topological polar surface area (TPSA) is 78.4 Å². The molecule has 0 aliphatic heterocycles. The van der Waals surface area contributed by atoms with Crippen molar-refractivity contribution >= 4 is 11.9 Å². The summed E-state index contributed by atoms with van der Waals surface area (Å²) in [6.07, 6.45) is 2.61. The fourth-order valence-electron chi connectivity index (χ4n) is 1.76. The van der Waals surface area contributed by atoms with E-state index in [1.807, 2.05) is 20.8 Å². The predicted molar refractivity (Wildman–Crippen MR) is 80.6 cm³/mol. The number of nitrogens with one attached hydrogen (secondary N) is 2. The van der Waals surface area contributed by atoms with Gasteiger partial charge in [-0.25, -0.2) is 0 Å². The minimum atomic E-state index is -0.757. The van der Waals surface area contributed by atoms with Gasteiger partial charge in [-0.3, -0.25) is 9.59 Å². The molecular weight excluding hydrogens is 256 g/mol. The first-order chi connectivity index (χ1) is 9.18. The molecule has 0 aliphatic rings. The third kappa shape index (κ3) is 8.91. The summed E-state index contributed by atoms with van der Waals surface area (Å²) in [5.74, 6) is -0.741. The van der Waals surface area contributed by atoms with Gasteiger partial charge in [-0.1, -0.05) is 20.8 Å². The van der Waals surface area contributed by atoms with Gasteiger partial charge in [0.05, 0.1) is 6.04 Å². The van der Waals surface area contributed by atoms with Crippen molar-refractivity contribution in [2.24, 2.45) is 5.41 Å². The molecule has 0 rings (SSSR count). The van der Waals surface area contributed by atoms with Gasteiger partial charge in [0.2, 0.25) is 5.91 Å².